The molecule has 4 N–H and O–H groups in total. The molecule has 0 atom stereocenters. The first-order valence-corrected chi connectivity index (χ1v) is 8.97. The van der Waals surface area contributed by atoms with Gasteiger partial charge in [0, 0.05) is 25.4 Å². The molecule has 0 radical (unpaired) electrons. The van der Waals surface area contributed by atoms with Gasteiger partial charge in [-0.2, -0.15) is 0 Å². The molecule has 0 saturated carbocycles. The number of anilines is 1. The third-order valence-electron chi connectivity index (χ3n) is 4.41. The quantitative estimate of drug-likeness (QED) is 0.726. The highest BCUT2D eigenvalue weighted by Crippen LogP contribution is 2.32. The number of benzene rings is 1. The Morgan fingerprint density at radius 3 is 2.57 bits per heavy atom. The van der Waals surface area contributed by atoms with E-state index in [1.54, 1.807) is 19.1 Å². The van der Waals surface area contributed by atoms with Crippen LogP contribution in [0.4, 0.5) is 5.69 Å². The minimum Gasteiger partial charge on any atom is -0.381 e. The highest BCUT2D eigenvalue weighted by molar-refractivity contribution is 7.89. The Morgan fingerprint density at radius 1 is 1.35 bits per heavy atom. The Balaban J connectivity index is 2.30. The molecule has 8 heteroatoms. The summed E-state index contributed by atoms with van der Waals surface area (Å²) in [6.45, 7) is 2.89. The van der Waals surface area contributed by atoms with E-state index in [4.69, 9.17) is 10.5 Å². The van der Waals surface area contributed by atoms with E-state index in [9.17, 15) is 13.2 Å². The summed E-state index contributed by atoms with van der Waals surface area (Å²) in [5, 5.41) is 2.84. The third kappa shape index (κ3) is 3.55. The van der Waals surface area contributed by atoms with Gasteiger partial charge < -0.3 is 15.8 Å². The van der Waals surface area contributed by atoms with Crippen LogP contribution in [0.1, 0.15) is 18.4 Å². The van der Waals surface area contributed by atoms with Gasteiger partial charge in [0.05, 0.1) is 10.3 Å². The maximum absolute atomic E-state index is 12.7. The molecule has 2 rings (SSSR count). The molecule has 1 aliphatic heterocycles. The molecule has 0 aromatic heterocycles. The second kappa shape index (κ2) is 6.96. The fourth-order valence-corrected chi connectivity index (χ4v) is 3.68. The number of rotatable bonds is 5. The first-order chi connectivity index (χ1) is 10.9. The summed E-state index contributed by atoms with van der Waals surface area (Å²) < 4.78 is 31.6. The molecule has 1 saturated heterocycles. The van der Waals surface area contributed by atoms with Crippen LogP contribution < -0.4 is 15.8 Å². The largest absolute Gasteiger partial charge is 0.381 e. The Labute approximate surface area is 136 Å². The van der Waals surface area contributed by atoms with Crippen molar-refractivity contribution in [2.45, 2.75) is 24.7 Å². The number of sulfonamides is 1. The Hall–Kier alpha value is -1.48. The number of carbonyl (C=O) groups is 1. The molecular weight excluding hydrogens is 318 g/mol. The van der Waals surface area contributed by atoms with Gasteiger partial charge in [-0.1, -0.05) is 6.07 Å². The van der Waals surface area contributed by atoms with Crippen molar-refractivity contribution < 1.29 is 17.9 Å². The van der Waals surface area contributed by atoms with Crippen LogP contribution in [-0.4, -0.2) is 41.1 Å². The van der Waals surface area contributed by atoms with Crippen LogP contribution in [0.2, 0.25) is 0 Å². The van der Waals surface area contributed by atoms with Gasteiger partial charge in [-0.15, -0.1) is 0 Å². The maximum atomic E-state index is 12.7. The summed E-state index contributed by atoms with van der Waals surface area (Å²) >= 11 is 0. The van der Waals surface area contributed by atoms with Crippen LogP contribution in [-0.2, 0) is 19.6 Å². The van der Waals surface area contributed by atoms with Gasteiger partial charge >= 0.3 is 0 Å². The third-order valence-corrected chi connectivity index (χ3v) is 5.97. The fraction of sp³-hybridized carbons (Fsp3) is 0.533. The molecule has 1 aromatic rings. The zero-order valence-corrected chi connectivity index (χ0v) is 14.2. The summed E-state index contributed by atoms with van der Waals surface area (Å²) in [7, 11) is -2.23. The lowest BCUT2D eigenvalue weighted by Gasteiger charge is -2.34. The molecule has 128 valence electrons. The highest BCUT2D eigenvalue weighted by Gasteiger charge is 2.39. The van der Waals surface area contributed by atoms with E-state index < -0.39 is 15.4 Å². The highest BCUT2D eigenvalue weighted by atomic mass is 32.2. The van der Waals surface area contributed by atoms with Crippen LogP contribution in [0.15, 0.2) is 23.1 Å². The second-order valence-electron chi connectivity index (χ2n) is 5.69. The van der Waals surface area contributed by atoms with Gasteiger partial charge in [0.15, 0.2) is 0 Å². The van der Waals surface area contributed by atoms with Crippen LogP contribution >= 0.6 is 0 Å². The van der Waals surface area contributed by atoms with Crippen LogP contribution in [0.25, 0.3) is 0 Å². The van der Waals surface area contributed by atoms with Crippen molar-refractivity contribution in [1.29, 1.82) is 0 Å². The minimum atomic E-state index is -3.58. The molecule has 1 fully saturated rings. The molecule has 0 spiro atoms. The van der Waals surface area contributed by atoms with Gasteiger partial charge in [0.1, 0.15) is 0 Å². The van der Waals surface area contributed by atoms with Gasteiger partial charge in [0.2, 0.25) is 15.9 Å². The molecule has 1 aromatic carbocycles. The molecule has 23 heavy (non-hydrogen) atoms. The standard InChI is InChI=1S/C15H23N3O4S/c1-11-12(4-3-5-13(11)23(20,21)17-2)18-14(19)15(10-16)6-8-22-9-7-15/h3-5,17H,6-10,16H2,1-2H3,(H,18,19). The summed E-state index contributed by atoms with van der Waals surface area (Å²) in [4.78, 5) is 12.8. The molecule has 0 unspecified atom stereocenters. The van der Waals surface area contributed by atoms with E-state index in [2.05, 4.69) is 10.0 Å². The second-order valence-corrected chi connectivity index (χ2v) is 7.54. The topological polar surface area (TPSA) is 111 Å². The molecule has 1 heterocycles. The van der Waals surface area contributed by atoms with Crippen molar-refractivity contribution in [3.63, 3.8) is 0 Å². The fourth-order valence-electron chi connectivity index (χ4n) is 2.69. The lowest BCUT2D eigenvalue weighted by atomic mass is 9.79. The van der Waals surface area contributed by atoms with Gasteiger partial charge in [-0.3, -0.25) is 4.79 Å². The monoisotopic (exact) mass is 341 g/mol. The van der Waals surface area contributed by atoms with E-state index in [-0.39, 0.29) is 17.3 Å². The summed E-state index contributed by atoms with van der Waals surface area (Å²) in [5.41, 5.74) is 6.14. The number of nitrogens with two attached hydrogens (primary N) is 1. The van der Waals surface area contributed by atoms with E-state index in [1.807, 2.05) is 0 Å². The number of carbonyl (C=O) groups excluding carboxylic acids is 1. The van der Waals surface area contributed by atoms with Gasteiger partial charge in [0.25, 0.3) is 0 Å². The molecule has 1 amide bonds. The SMILES string of the molecule is CNS(=O)(=O)c1cccc(NC(=O)C2(CN)CCOCC2)c1C. The average molecular weight is 341 g/mol. The van der Waals surface area contributed by atoms with Gasteiger partial charge in [-0.25, -0.2) is 13.1 Å². The molecule has 1 aliphatic rings. The number of ether oxygens (including phenoxy) is 1. The van der Waals surface area contributed by atoms with Gasteiger partial charge in [-0.05, 0) is 44.5 Å². The van der Waals surface area contributed by atoms with E-state index in [1.165, 1.54) is 13.1 Å². The van der Waals surface area contributed by atoms with Crippen LogP contribution in [0.3, 0.4) is 0 Å². The number of nitrogens with one attached hydrogen (secondary N) is 2. The molecule has 0 bridgehead atoms. The van der Waals surface area contributed by atoms with Crippen molar-refractivity contribution in [3.8, 4) is 0 Å². The minimum absolute atomic E-state index is 0.145. The Bertz CT molecular complexity index is 682. The average Bonchev–Trinajstić information content (AvgIpc) is 2.57. The maximum Gasteiger partial charge on any atom is 0.240 e. The van der Waals surface area contributed by atoms with Crippen molar-refractivity contribution in [3.05, 3.63) is 23.8 Å². The zero-order valence-electron chi connectivity index (χ0n) is 13.4. The van der Waals surface area contributed by atoms with Crippen molar-refractivity contribution in [2.24, 2.45) is 11.1 Å². The predicted octanol–water partition coefficient (Wildman–Crippen LogP) is 0.597. The first kappa shape index (κ1) is 17.9. The number of hydrogen-bond donors (Lipinski definition) is 3. The Kier molecular flexibility index (Phi) is 5.41. The van der Waals surface area contributed by atoms with E-state index >= 15 is 0 Å². The van der Waals surface area contributed by atoms with Crippen LogP contribution in [0, 0.1) is 12.3 Å². The number of hydrogen-bond acceptors (Lipinski definition) is 5. The van der Waals surface area contributed by atoms with Crippen molar-refractivity contribution in [1.82, 2.24) is 4.72 Å². The van der Waals surface area contributed by atoms with Crippen molar-refractivity contribution >= 4 is 21.6 Å². The predicted molar refractivity (Wildman–Crippen MR) is 87.6 cm³/mol. The molecule has 0 aliphatic carbocycles. The van der Waals surface area contributed by atoms with E-state index in [0.717, 1.165) is 0 Å². The smallest absolute Gasteiger partial charge is 0.240 e. The summed E-state index contributed by atoms with van der Waals surface area (Å²) in [6, 6.07) is 4.79. The lowest BCUT2D eigenvalue weighted by Crippen LogP contribution is -2.46. The number of amides is 1. The summed E-state index contributed by atoms with van der Waals surface area (Å²) in [5.74, 6) is -0.189. The lowest BCUT2D eigenvalue weighted by molar-refractivity contribution is -0.130. The summed E-state index contributed by atoms with van der Waals surface area (Å²) in [6.07, 6.45) is 1.12. The normalized spacial score (nSPS) is 17.7. The molecule has 7 nitrogen and oxygen atoms in total. The van der Waals surface area contributed by atoms with E-state index in [0.29, 0.717) is 37.3 Å². The Morgan fingerprint density at radius 2 is 2.00 bits per heavy atom. The van der Waals surface area contributed by atoms with Crippen LogP contribution in [0.5, 0.6) is 0 Å². The zero-order chi connectivity index (χ0) is 17.1. The molecular formula is C15H23N3O4S. The first-order valence-electron chi connectivity index (χ1n) is 7.49. The van der Waals surface area contributed by atoms with Crippen molar-refractivity contribution in [2.75, 3.05) is 32.1 Å².